The van der Waals surface area contributed by atoms with Crippen LogP contribution in [-0.2, 0) is 4.79 Å². The number of carbonyl (C=O) groups excluding carboxylic acids is 1. The minimum absolute atomic E-state index is 0.0741. The van der Waals surface area contributed by atoms with Crippen molar-refractivity contribution in [2.24, 2.45) is 0 Å². The van der Waals surface area contributed by atoms with Gasteiger partial charge in [-0.15, -0.1) is 18.3 Å². The summed E-state index contributed by atoms with van der Waals surface area (Å²) < 4.78 is 0. The van der Waals surface area contributed by atoms with Gasteiger partial charge >= 0.3 is 0 Å². The lowest BCUT2D eigenvalue weighted by molar-refractivity contribution is -0.117. The van der Waals surface area contributed by atoms with Crippen LogP contribution in [0.4, 0.5) is 5.69 Å². The molecule has 21 heavy (non-hydrogen) atoms. The number of benzene rings is 1. The molecule has 1 aromatic rings. The van der Waals surface area contributed by atoms with E-state index < -0.39 is 6.10 Å². The zero-order valence-electron chi connectivity index (χ0n) is 12.7. The van der Waals surface area contributed by atoms with Gasteiger partial charge in [0, 0.05) is 11.4 Å². The van der Waals surface area contributed by atoms with Crippen LogP contribution in [-0.4, -0.2) is 48.4 Å². The van der Waals surface area contributed by atoms with Gasteiger partial charge < -0.3 is 10.4 Å². The highest BCUT2D eigenvalue weighted by atomic mass is 32.2. The van der Waals surface area contributed by atoms with E-state index >= 15 is 0 Å². The molecule has 1 unspecified atom stereocenters. The van der Waals surface area contributed by atoms with Crippen LogP contribution in [0.1, 0.15) is 12.8 Å². The van der Waals surface area contributed by atoms with Crippen molar-refractivity contribution in [3.8, 4) is 0 Å². The van der Waals surface area contributed by atoms with Crippen LogP contribution in [0.2, 0.25) is 0 Å². The van der Waals surface area contributed by atoms with Crippen molar-refractivity contribution >= 4 is 23.4 Å². The summed E-state index contributed by atoms with van der Waals surface area (Å²) in [6, 6.07) is 7.72. The van der Waals surface area contributed by atoms with E-state index in [1.165, 1.54) is 0 Å². The first-order valence-electron chi connectivity index (χ1n) is 6.97. The van der Waals surface area contributed by atoms with E-state index in [4.69, 9.17) is 0 Å². The highest BCUT2D eigenvalue weighted by molar-refractivity contribution is 7.98. The quantitative estimate of drug-likeness (QED) is 0.544. The fourth-order valence-electron chi connectivity index (χ4n) is 2.01. The first kappa shape index (κ1) is 17.8. The second-order valence-corrected chi connectivity index (χ2v) is 5.81. The number of amides is 1. The standard InChI is InChI=1S/C16H24N2O2S/c1-4-5-8-13(19)11-18(2)12-16(20)17-14-9-6-7-10-15(14)21-3/h4,6-7,9-10,13,19H,1,5,8,11-12H2,2-3H3,(H,17,20). The third-order valence-electron chi connectivity index (χ3n) is 3.02. The number of aliphatic hydroxyl groups excluding tert-OH is 1. The van der Waals surface area contributed by atoms with Crippen molar-refractivity contribution in [3.05, 3.63) is 36.9 Å². The number of allylic oxidation sites excluding steroid dienone is 1. The molecular weight excluding hydrogens is 284 g/mol. The van der Waals surface area contributed by atoms with Gasteiger partial charge in [0.15, 0.2) is 0 Å². The number of rotatable bonds is 9. The summed E-state index contributed by atoms with van der Waals surface area (Å²) in [6.07, 6.45) is 4.79. The van der Waals surface area contributed by atoms with Crippen LogP contribution in [0.3, 0.4) is 0 Å². The zero-order chi connectivity index (χ0) is 15.7. The number of nitrogens with one attached hydrogen (secondary N) is 1. The maximum Gasteiger partial charge on any atom is 0.238 e. The van der Waals surface area contributed by atoms with Crippen LogP contribution in [0, 0.1) is 0 Å². The molecule has 0 aliphatic carbocycles. The summed E-state index contributed by atoms with van der Waals surface area (Å²) in [5.74, 6) is -0.0741. The average molecular weight is 308 g/mol. The summed E-state index contributed by atoms with van der Waals surface area (Å²) in [5, 5.41) is 12.7. The van der Waals surface area contributed by atoms with Gasteiger partial charge in [-0.1, -0.05) is 18.2 Å². The van der Waals surface area contributed by atoms with Crippen LogP contribution in [0.15, 0.2) is 41.8 Å². The first-order valence-corrected chi connectivity index (χ1v) is 8.19. The molecule has 116 valence electrons. The summed E-state index contributed by atoms with van der Waals surface area (Å²) >= 11 is 1.60. The predicted molar refractivity (Wildman–Crippen MR) is 89.8 cm³/mol. The molecule has 2 N–H and O–H groups in total. The molecule has 0 heterocycles. The Morgan fingerprint density at radius 1 is 1.52 bits per heavy atom. The molecule has 0 bridgehead atoms. The summed E-state index contributed by atoms with van der Waals surface area (Å²) in [7, 11) is 1.83. The lowest BCUT2D eigenvalue weighted by atomic mass is 10.2. The highest BCUT2D eigenvalue weighted by Crippen LogP contribution is 2.24. The number of thioether (sulfide) groups is 1. The van der Waals surface area contributed by atoms with Gasteiger partial charge in [0.05, 0.1) is 18.3 Å². The molecule has 1 amide bonds. The van der Waals surface area contributed by atoms with Crippen molar-refractivity contribution in [2.75, 3.05) is 31.7 Å². The van der Waals surface area contributed by atoms with E-state index in [2.05, 4.69) is 11.9 Å². The van der Waals surface area contributed by atoms with Crippen LogP contribution in [0.5, 0.6) is 0 Å². The molecule has 0 aromatic heterocycles. The lowest BCUT2D eigenvalue weighted by Gasteiger charge is -2.20. The second-order valence-electron chi connectivity index (χ2n) is 4.97. The summed E-state index contributed by atoms with van der Waals surface area (Å²) in [4.78, 5) is 14.9. The van der Waals surface area contributed by atoms with Gasteiger partial charge in [-0.25, -0.2) is 0 Å². The molecule has 0 spiro atoms. The molecule has 1 rings (SSSR count). The van der Waals surface area contributed by atoms with E-state index in [9.17, 15) is 9.90 Å². The van der Waals surface area contributed by atoms with Crippen LogP contribution in [0.25, 0.3) is 0 Å². The van der Waals surface area contributed by atoms with Crippen LogP contribution < -0.4 is 5.32 Å². The molecule has 5 heteroatoms. The first-order chi connectivity index (χ1) is 10.1. The number of likely N-dealkylation sites (N-methyl/N-ethyl adjacent to an activating group) is 1. The second kappa shape index (κ2) is 9.60. The monoisotopic (exact) mass is 308 g/mol. The number of carbonyl (C=O) groups is 1. The van der Waals surface area contributed by atoms with Gasteiger partial charge in [0.25, 0.3) is 0 Å². The molecule has 4 nitrogen and oxygen atoms in total. The number of aliphatic hydroxyl groups is 1. The Kier molecular flexibility index (Phi) is 8.12. The van der Waals surface area contributed by atoms with Gasteiger partial charge in [0.1, 0.15) is 0 Å². The Morgan fingerprint density at radius 3 is 2.90 bits per heavy atom. The topological polar surface area (TPSA) is 52.6 Å². The maximum absolute atomic E-state index is 12.0. The van der Waals surface area contributed by atoms with Gasteiger partial charge in [0.2, 0.25) is 5.91 Å². The van der Waals surface area contributed by atoms with E-state index in [0.717, 1.165) is 17.0 Å². The SMILES string of the molecule is C=CCCC(O)CN(C)CC(=O)Nc1ccccc1SC. The maximum atomic E-state index is 12.0. The molecule has 0 aliphatic heterocycles. The van der Waals surface area contributed by atoms with Crippen molar-refractivity contribution in [1.29, 1.82) is 0 Å². The Labute approximate surface area is 131 Å². The number of anilines is 1. The molecule has 1 atom stereocenters. The fraction of sp³-hybridized carbons (Fsp3) is 0.438. The van der Waals surface area contributed by atoms with Crippen molar-refractivity contribution in [2.45, 2.75) is 23.8 Å². The van der Waals surface area contributed by atoms with E-state index in [1.807, 2.05) is 42.5 Å². The third-order valence-corrected chi connectivity index (χ3v) is 3.82. The highest BCUT2D eigenvalue weighted by Gasteiger charge is 2.12. The normalized spacial score (nSPS) is 12.2. The Hall–Kier alpha value is -1.30. The van der Waals surface area contributed by atoms with Crippen molar-refractivity contribution in [1.82, 2.24) is 4.90 Å². The van der Waals surface area contributed by atoms with Crippen molar-refractivity contribution < 1.29 is 9.90 Å². The smallest absolute Gasteiger partial charge is 0.238 e. The predicted octanol–water partition coefficient (Wildman–Crippen LogP) is 2.61. The molecule has 0 aliphatic rings. The van der Waals surface area contributed by atoms with E-state index in [0.29, 0.717) is 13.0 Å². The molecule has 1 aromatic carbocycles. The Morgan fingerprint density at radius 2 is 2.24 bits per heavy atom. The van der Waals surface area contributed by atoms with Crippen LogP contribution >= 0.6 is 11.8 Å². The number of hydrogen-bond donors (Lipinski definition) is 2. The Balaban J connectivity index is 2.44. The average Bonchev–Trinajstić information content (AvgIpc) is 2.45. The van der Waals surface area contributed by atoms with E-state index in [-0.39, 0.29) is 12.5 Å². The summed E-state index contributed by atoms with van der Waals surface area (Å²) in [6.45, 7) is 4.37. The summed E-state index contributed by atoms with van der Waals surface area (Å²) in [5.41, 5.74) is 0.829. The van der Waals surface area contributed by atoms with E-state index in [1.54, 1.807) is 17.8 Å². The molecular formula is C16H24N2O2S. The molecule has 0 fully saturated rings. The van der Waals surface area contributed by atoms with Gasteiger partial charge in [-0.2, -0.15) is 0 Å². The fourth-order valence-corrected chi connectivity index (χ4v) is 2.56. The number of para-hydroxylation sites is 1. The van der Waals surface area contributed by atoms with Gasteiger partial charge in [-0.3, -0.25) is 9.69 Å². The molecule has 0 saturated carbocycles. The third kappa shape index (κ3) is 6.80. The number of hydrogen-bond acceptors (Lipinski definition) is 4. The molecule has 0 saturated heterocycles. The minimum Gasteiger partial charge on any atom is -0.392 e. The molecule has 0 radical (unpaired) electrons. The van der Waals surface area contributed by atoms with Gasteiger partial charge in [-0.05, 0) is 38.3 Å². The lowest BCUT2D eigenvalue weighted by Crippen LogP contribution is -2.35. The number of nitrogens with zero attached hydrogens (tertiary/aromatic N) is 1. The Bertz CT molecular complexity index is 465. The zero-order valence-corrected chi connectivity index (χ0v) is 13.5. The minimum atomic E-state index is -0.431. The largest absolute Gasteiger partial charge is 0.392 e. The van der Waals surface area contributed by atoms with Crippen molar-refractivity contribution in [3.63, 3.8) is 0 Å².